The minimum Gasteiger partial charge on any atom is -0.315 e. The molecule has 0 aliphatic rings. The van der Waals surface area contributed by atoms with Crippen molar-refractivity contribution in [2.24, 2.45) is 0 Å². The van der Waals surface area contributed by atoms with E-state index in [-0.39, 0.29) is 0 Å². The molecule has 0 spiro atoms. The molecule has 0 saturated carbocycles. The largest absolute Gasteiger partial charge is 0.315 e. The van der Waals surface area contributed by atoms with Crippen LogP contribution in [-0.4, -0.2) is 22.5 Å². The van der Waals surface area contributed by atoms with Crippen molar-refractivity contribution in [2.45, 2.75) is 6.42 Å². The molecular formula is C7H10N3O. The number of carbonyl (C=O) groups excluding carboxylic acids is 1. The van der Waals surface area contributed by atoms with E-state index in [0.717, 1.165) is 25.2 Å². The Hall–Kier alpha value is -1.16. The third kappa shape index (κ3) is 1.88. The van der Waals surface area contributed by atoms with E-state index in [1.807, 2.05) is 0 Å². The number of imidazole rings is 1. The maximum atomic E-state index is 10.3. The minimum atomic E-state index is 0.718. The van der Waals surface area contributed by atoms with E-state index in [1.54, 1.807) is 12.4 Å². The van der Waals surface area contributed by atoms with Gasteiger partial charge in [-0.15, -0.1) is 0 Å². The Kier molecular flexibility index (Phi) is 2.80. The van der Waals surface area contributed by atoms with Crippen molar-refractivity contribution < 1.29 is 4.79 Å². The summed E-state index contributed by atoms with van der Waals surface area (Å²) in [7, 11) is 3.47. The first-order valence-corrected chi connectivity index (χ1v) is 3.35. The van der Waals surface area contributed by atoms with Gasteiger partial charge in [-0.25, -0.2) is 4.98 Å². The Morgan fingerprint density at radius 3 is 3.27 bits per heavy atom. The van der Waals surface area contributed by atoms with Crippen molar-refractivity contribution in [3.8, 4) is 0 Å². The van der Waals surface area contributed by atoms with Gasteiger partial charge in [0.05, 0.1) is 0 Å². The second kappa shape index (κ2) is 3.88. The third-order valence-corrected chi connectivity index (χ3v) is 1.39. The molecule has 0 fully saturated rings. The van der Waals surface area contributed by atoms with Crippen molar-refractivity contribution in [1.82, 2.24) is 14.9 Å². The molecule has 4 heteroatoms. The number of hydrogen-bond acceptors (Lipinski definition) is 3. The highest BCUT2D eigenvalue weighted by Crippen LogP contribution is 1.93. The standard InChI is InChI=1S/C7H10N3O/c1-8-3-2-7-9-4-5-10(7)6-11/h4-6,8H,1-3H2. The van der Waals surface area contributed by atoms with Crippen molar-refractivity contribution in [1.29, 1.82) is 0 Å². The summed E-state index contributed by atoms with van der Waals surface area (Å²) in [4.78, 5) is 14.3. The van der Waals surface area contributed by atoms with Crippen LogP contribution in [0, 0.1) is 7.05 Å². The van der Waals surface area contributed by atoms with Crippen LogP contribution in [0.1, 0.15) is 5.82 Å². The van der Waals surface area contributed by atoms with E-state index in [0.29, 0.717) is 0 Å². The minimum absolute atomic E-state index is 0.718. The fourth-order valence-electron chi connectivity index (χ4n) is 0.834. The molecule has 1 aromatic heterocycles. The van der Waals surface area contributed by atoms with Gasteiger partial charge in [0.15, 0.2) is 0 Å². The number of hydrogen-bond donors (Lipinski definition) is 1. The summed E-state index contributed by atoms with van der Waals surface area (Å²) in [5.41, 5.74) is 0. The average molecular weight is 152 g/mol. The van der Waals surface area contributed by atoms with Gasteiger partial charge in [-0.2, -0.15) is 0 Å². The van der Waals surface area contributed by atoms with E-state index >= 15 is 0 Å². The first-order chi connectivity index (χ1) is 5.38. The van der Waals surface area contributed by atoms with Gasteiger partial charge in [0.1, 0.15) is 5.82 Å². The van der Waals surface area contributed by atoms with Gasteiger partial charge in [0, 0.05) is 32.4 Å². The SMILES string of the molecule is [CH2]NCCc1nccn1C=O. The van der Waals surface area contributed by atoms with Crippen molar-refractivity contribution in [3.05, 3.63) is 25.3 Å². The van der Waals surface area contributed by atoms with Gasteiger partial charge in [-0.3, -0.25) is 9.36 Å². The highest BCUT2D eigenvalue weighted by molar-refractivity contribution is 5.52. The van der Waals surface area contributed by atoms with Crippen molar-refractivity contribution >= 4 is 6.41 Å². The zero-order valence-electron chi connectivity index (χ0n) is 6.16. The Balaban J connectivity index is 2.61. The van der Waals surface area contributed by atoms with Gasteiger partial charge in [0.25, 0.3) is 0 Å². The smallest absolute Gasteiger partial charge is 0.219 e. The summed E-state index contributed by atoms with van der Waals surface area (Å²) in [6.45, 7) is 0.727. The Morgan fingerprint density at radius 2 is 2.64 bits per heavy atom. The lowest BCUT2D eigenvalue weighted by molar-refractivity contribution is 0.544. The monoisotopic (exact) mass is 152 g/mol. The molecule has 1 rings (SSSR count). The Labute approximate surface area is 65.2 Å². The number of rotatable bonds is 4. The molecule has 11 heavy (non-hydrogen) atoms. The number of nitrogens with zero attached hydrogens (tertiary/aromatic N) is 2. The highest BCUT2D eigenvalue weighted by atomic mass is 16.1. The van der Waals surface area contributed by atoms with Gasteiger partial charge in [-0.1, -0.05) is 0 Å². The highest BCUT2D eigenvalue weighted by Gasteiger charge is 1.98. The molecule has 0 aliphatic heterocycles. The number of aromatic nitrogens is 2. The summed E-state index contributed by atoms with van der Waals surface area (Å²) in [5, 5.41) is 2.74. The lowest BCUT2D eigenvalue weighted by Crippen LogP contribution is -2.12. The van der Waals surface area contributed by atoms with Crippen LogP contribution in [0.3, 0.4) is 0 Å². The second-order valence-corrected chi connectivity index (χ2v) is 2.11. The summed E-state index contributed by atoms with van der Waals surface area (Å²) in [6, 6.07) is 0. The van der Waals surface area contributed by atoms with Gasteiger partial charge in [0.2, 0.25) is 6.41 Å². The molecular weight excluding hydrogens is 142 g/mol. The summed E-state index contributed by atoms with van der Waals surface area (Å²) >= 11 is 0. The molecule has 0 saturated heterocycles. The molecule has 0 atom stereocenters. The maximum Gasteiger partial charge on any atom is 0.219 e. The van der Waals surface area contributed by atoms with Crippen LogP contribution in [0.25, 0.3) is 0 Å². The molecule has 1 aromatic rings. The average Bonchev–Trinajstić information content (AvgIpc) is 2.47. The predicted octanol–water partition coefficient (Wildman–Crippen LogP) is -0.155. The third-order valence-electron chi connectivity index (χ3n) is 1.39. The number of nitrogens with one attached hydrogen (secondary N) is 1. The lowest BCUT2D eigenvalue weighted by atomic mass is 10.4. The topological polar surface area (TPSA) is 46.9 Å². The van der Waals surface area contributed by atoms with Crippen LogP contribution in [-0.2, 0) is 11.2 Å². The predicted molar refractivity (Wildman–Crippen MR) is 41.4 cm³/mol. The van der Waals surface area contributed by atoms with Crippen LogP contribution in [0.2, 0.25) is 0 Å². The molecule has 0 aliphatic carbocycles. The fraction of sp³-hybridized carbons (Fsp3) is 0.286. The Bertz CT molecular complexity index is 231. The molecule has 1 radical (unpaired) electrons. The fourth-order valence-corrected chi connectivity index (χ4v) is 0.834. The second-order valence-electron chi connectivity index (χ2n) is 2.11. The molecule has 0 bridgehead atoms. The van der Waals surface area contributed by atoms with Crippen molar-refractivity contribution in [2.75, 3.05) is 6.54 Å². The van der Waals surface area contributed by atoms with E-state index in [4.69, 9.17) is 0 Å². The van der Waals surface area contributed by atoms with E-state index < -0.39 is 0 Å². The molecule has 0 aromatic carbocycles. The quantitative estimate of drug-likeness (QED) is 0.610. The number of carbonyl (C=O) groups is 1. The van der Waals surface area contributed by atoms with Crippen LogP contribution in [0.5, 0.6) is 0 Å². The van der Waals surface area contributed by atoms with E-state index in [2.05, 4.69) is 17.3 Å². The molecule has 1 heterocycles. The first kappa shape index (κ1) is 7.94. The van der Waals surface area contributed by atoms with E-state index in [9.17, 15) is 4.79 Å². The zero-order chi connectivity index (χ0) is 8.10. The van der Waals surface area contributed by atoms with Gasteiger partial charge in [-0.05, 0) is 0 Å². The van der Waals surface area contributed by atoms with Crippen molar-refractivity contribution in [3.63, 3.8) is 0 Å². The van der Waals surface area contributed by atoms with Crippen LogP contribution in [0.4, 0.5) is 0 Å². The van der Waals surface area contributed by atoms with Gasteiger partial charge < -0.3 is 5.32 Å². The van der Waals surface area contributed by atoms with Gasteiger partial charge >= 0.3 is 0 Å². The molecule has 59 valence electrons. The Morgan fingerprint density at radius 1 is 1.82 bits per heavy atom. The lowest BCUT2D eigenvalue weighted by Gasteiger charge is -1.97. The normalized spacial score (nSPS) is 9.91. The molecule has 1 N–H and O–H groups in total. The summed E-state index contributed by atoms with van der Waals surface area (Å²) < 4.78 is 1.46. The van der Waals surface area contributed by atoms with Crippen LogP contribution in [0.15, 0.2) is 12.4 Å². The zero-order valence-corrected chi connectivity index (χ0v) is 6.16. The summed E-state index contributed by atoms with van der Waals surface area (Å²) in [6.07, 6.45) is 4.69. The molecule has 0 amide bonds. The molecule has 0 unspecified atom stereocenters. The maximum absolute atomic E-state index is 10.3. The van der Waals surface area contributed by atoms with Crippen LogP contribution >= 0.6 is 0 Å². The molecule has 4 nitrogen and oxygen atoms in total. The van der Waals surface area contributed by atoms with E-state index in [1.165, 1.54) is 4.57 Å². The van der Waals surface area contributed by atoms with Crippen LogP contribution < -0.4 is 5.32 Å². The first-order valence-electron chi connectivity index (χ1n) is 3.35. The summed E-state index contributed by atoms with van der Waals surface area (Å²) in [5.74, 6) is 0.760.